The average molecular weight is 247 g/mol. The van der Waals surface area contributed by atoms with Gasteiger partial charge >= 0.3 is 6.18 Å². The Morgan fingerprint density at radius 3 is 2.24 bits per heavy atom. The summed E-state index contributed by atoms with van der Waals surface area (Å²) in [6.45, 7) is 0. The molecule has 0 bridgehead atoms. The maximum atomic E-state index is 11.9. The van der Waals surface area contributed by atoms with E-state index in [4.69, 9.17) is 5.11 Å². The second-order valence-corrected chi connectivity index (χ2v) is 3.19. The van der Waals surface area contributed by atoms with E-state index in [-0.39, 0.29) is 5.69 Å². The first-order valence-corrected chi connectivity index (χ1v) is 4.48. The fraction of sp³-hybridized carbons (Fsp3) is 0.200. The average Bonchev–Trinajstić information content (AvgIpc) is 2.25. The van der Waals surface area contributed by atoms with Crippen LogP contribution in [0.1, 0.15) is 5.56 Å². The zero-order valence-corrected chi connectivity index (χ0v) is 8.39. The molecule has 1 rings (SSSR count). The van der Waals surface area contributed by atoms with Crippen LogP contribution in [0, 0.1) is 10.1 Å². The molecule has 0 aliphatic heterocycles. The van der Waals surface area contributed by atoms with E-state index in [9.17, 15) is 23.3 Å². The molecule has 7 heteroatoms. The summed E-state index contributed by atoms with van der Waals surface area (Å²) >= 11 is 0. The van der Waals surface area contributed by atoms with E-state index in [2.05, 4.69) is 0 Å². The summed E-state index contributed by atoms with van der Waals surface area (Å²) in [7, 11) is 0. The van der Waals surface area contributed by atoms with Gasteiger partial charge in [-0.3, -0.25) is 10.1 Å². The van der Waals surface area contributed by atoms with Crippen LogP contribution < -0.4 is 0 Å². The number of nitro groups is 1. The monoisotopic (exact) mass is 247 g/mol. The molecule has 92 valence electrons. The molecule has 0 radical (unpaired) electrons. The highest BCUT2D eigenvalue weighted by atomic mass is 19.4. The lowest BCUT2D eigenvalue weighted by Crippen LogP contribution is -2.25. The minimum absolute atomic E-state index is 0.154. The number of aliphatic hydroxyl groups is 1. The van der Waals surface area contributed by atoms with Gasteiger partial charge in [-0.25, -0.2) is 0 Å². The zero-order chi connectivity index (χ0) is 13.1. The number of hydrogen-bond acceptors (Lipinski definition) is 3. The highest BCUT2D eigenvalue weighted by Gasteiger charge is 2.36. The molecule has 0 aliphatic rings. The molecule has 0 aromatic heterocycles. The third kappa shape index (κ3) is 3.87. The summed E-state index contributed by atoms with van der Waals surface area (Å²) in [4.78, 5) is 9.70. The largest absolute Gasteiger partial charge is 0.417 e. The predicted molar refractivity (Wildman–Crippen MR) is 54.2 cm³/mol. The summed E-state index contributed by atoms with van der Waals surface area (Å²) in [5.41, 5.74) is 0.178. The molecular weight excluding hydrogens is 239 g/mol. The van der Waals surface area contributed by atoms with Crippen molar-refractivity contribution in [1.29, 1.82) is 0 Å². The molecule has 0 saturated carbocycles. The van der Waals surface area contributed by atoms with Gasteiger partial charge in [-0.2, -0.15) is 13.2 Å². The zero-order valence-electron chi connectivity index (χ0n) is 8.39. The third-order valence-electron chi connectivity index (χ3n) is 1.91. The summed E-state index contributed by atoms with van der Waals surface area (Å²) in [6, 6.07) is 4.91. The third-order valence-corrected chi connectivity index (χ3v) is 1.91. The topological polar surface area (TPSA) is 63.4 Å². The van der Waals surface area contributed by atoms with E-state index < -0.39 is 17.2 Å². The summed E-state index contributed by atoms with van der Waals surface area (Å²) in [5, 5.41) is 19.0. The van der Waals surface area contributed by atoms with Crippen molar-refractivity contribution in [3.05, 3.63) is 46.0 Å². The van der Waals surface area contributed by atoms with Crippen molar-refractivity contribution in [1.82, 2.24) is 0 Å². The predicted octanol–water partition coefficient (Wildman–Crippen LogP) is 2.53. The molecule has 1 atom stereocenters. The Balaban J connectivity index is 2.76. The maximum Gasteiger partial charge on any atom is 0.417 e. The lowest BCUT2D eigenvalue weighted by Gasteiger charge is -2.09. The lowest BCUT2D eigenvalue weighted by atomic mass is 10.1. The smallest absolute Gasteiger partial charge is 0.380 e. The summed E-state index contributed by atoms with van der Waals surface area (Å²) in [5.74, 6) is 0. The Morgan fingerprint density at radius 1 is 1.29 bits per heavy atom. The highest BCUT2D eigenvalue weighted by Crippen LogP contribution is 2.21. The first kappa shape index (κ1) is 13.2. The number of aliphatic hydroxyl groups excluding tert-OH is 1. The van der Waals surface area contributed by atoms with E-state index in [0.717, 1.165) is 6.08 Å². The van der Waals surface area contributed by atoms with Crippen molar-refractivity contribution >= 4 is 11.8 Å². The molecule has 0 fully saturated rings. The van der Waals surface area contributed by atoms with Crippen LogP contribution >= 0.6 is 0 Å². The van der Waals surface area contributed by atoms with E-state index in [1.54, 1.807) is 0 Å². The number of hydrogen-bond donors (Lipinski definition) is 1. The Bertz CT molecular complexity index is 425. The van der Waals surface area contributed by atoms with Crippen LogP contribution in [0.2, 0.25) is 0 Å². The molecule has 0 spiro atoms. The van der Waals surface area contributed by atoms with Gasteiger partial charge in [0.05, 0.1) is 4.92 Å². The van der Waals surface area contributed by atoms with Gasteiger partial charge in [0.2, 0.25) is 0 Å². The number of rotatable bonds is 3. The Kier molecular flexibility index (Phi) is 3.84. The first-order chi connectivity index (χ1) is 7.80. The van der Waals surface area contributed by atoms with Crippen molar-refractivity contribution in [3.63, 3.8) is 0 Å². The Morgan fingerprint density at radius 2 is 1.82 bits per heavy atom. The van der Waals surface area contributed by atoms with Gasteiger partial charge in [0, 0.05) is 12.1 Å². The van der Waals surface area contributed by atoms with Crippen LogP contribution in [0.3, 0.4) is 0 Å². The normalized spacial score (nSPS) is 13.9. The molecule has 1 aromatic carbocycles. The molecule has 1 aromatic rings. The summed E-state index contributed by atoms with van der Waals surface area (Å²) < 4.78 is 35.8. The molecule has 1 N–H and O–H groups in total. The van der Waals surface area contributed by atoms with Crippen LogP contribution in [0.25, 0.3) is 6.08 Å². The minimum Gasteiger partial charge on any atom is -0.380 e. The van der Waals surface area contributed by atoms with Gasteiger partial charge in [-0.1, -0.05) is 6.08 Å². The van der Waals surface area contributed by atoms with E-state index in [1.165, 1.54) is 24.3 Å². The SMILES string of the molecule is O=[N+]([O-])c1ccc(/C=C/C(O)C(F)(F)F)cc1. The van der Waals surface area contributed by atoms with E-state index >= 15 is 0 Å². The highest BCUT2D eigenvalue weighted by molar-refractivity contribution is 5.52. The van der Waals surface area contributed by atoms with Gasteiger partial charge in [0.25, 0.3) is 5.69 Å². The summed E-state index contributed by atoms with van der Waals surface area (Å²) in [6.07, 6.45) is -5.64. The van der Waals surface area contributed by atoms with E-state index in [0.29, 0.717) is 11.6 Å². The first-order valence-electron chi connectivity index (χ1n) is 4.48. The van der Waals surface area contributed by atoms with Crippen LogP contribution in [-0.2, 0) is 0 Å². The molecule has 0 saturated heterocycles. The van der Waals surface area contributed by atoms with E-state index in [1.807, 2.05) is 0 Å². The maximum absolute atomic E-state index is 11.9. The molecule has 0 heterocycles. The molecular formula is C10H8F3NO3. The molecule has 0 aliphatic carbocycles. The van der Waals surface area contributed by atoms with Gasteiger partial charge in [0.1, 0.15) is 0 Å². The second-order valence-electron chi connectivity index (χ2n) is 3.19. The van der Waals surface area contributed by atoms with Crippen molar-refractivity contribution in [2.24, 2.45) is 0 Å². The number of nitro benzene ring substituents is 1. The fourth-order valence-electron chi connectivity index (χ4n) is 1.02. The number of alkyl halides is 3. The van der Waals surface area contributed by atoms with Gasteiger partial charge < -0.3 is 5.11 Å². The van der Waals surface area contributed by atoms with Crippen LogP contribution in [0.4, 0.5) is 18.9 Å². The fourth-order valence-corrected chi connectivity index (χ4v) is 1.02. The Labute approximate surface area is 94.1 Å². The van der Waals surface area contributed by atoms with Crippen LogP contribution in [-0.4, -0.2) is 22.3 Å². The standard InChI is InChI=1S/C10H8F3NO3/c11-10(12,13)9(15)6-3-7-1-4-8(5-2-7)14(16)17/h1-6,9,15H/b6-3+. The second kappa shape index (κ2) is 4.96. The van der Waals surface area contributed by atoms with Crippen molar-refractivity contribution in [2.45, 2.75) is 12.3 Å². The van der Waals surface area contributed by atoms with Gasteiger partial charge in [0.15, 0.2) is 6.10 Å². The van der Waals surface area contributed by atoms with Crippen LogP contribution in [0.15, 0.2) is 30.3 Å². The Hall–Kier alpha value is -1.89. The van der Waals surface area contributed by atoms with Gasteiger partial charge in [-0.05, 0) is 23.8 Å². The molecule has 4 nitrogen and oxygen atoms in total. The lowest BCUT2D eigenvalue weighted by molar-refractivity contribution is -0.384. The van der Waals surface area contributed by atoms with Crippen molar-refractivity contribution in [2.75, 3.05) is 0 Å². The quantitative estimate of drug-likeness (QED) is 0.659. The molecule has 1 unspecified atom stereocenters. The minimum atomic E-state index is -4.71. The number of nitrogens with zero attached hydrogens (tertiary/aromatic N) is 1. The molecule has 0 amide bonds. The van der Waals surface area contributed by atoms with Gasteiger partial charge in [-0.15, -0.1) is 0 Å². The van der Waals surface area contributed by atoms with Crippen molar-refractivity contribution < 1.29 is 23.2 Å². The number of halogens is 3. The van der Waals surface area contributed by atoms with Crippen molar-refractivity contribution in [3.8, 4) is 0 Å². The number of non-ortho nitro benzene ring substituents is 1. The molecule has 17 heavy (non-hydrogen) atoms. The van der Waals surface area contributed by atoms with Crippen LogP contribution in [0.5, 0.6) is 0 Å². The number of benzene rings is 1.